The molecule has 3 aromatic rings. The Bertz CT molecular complexity index is 977. The van der Waals surface area contributed by atoms with Crippen molar-refractivity contribution in [1.82, 2.24) is 0 Å². The molecule has 0 saturated heterocycles. The predicted octanol–water partition coefficient (Wildman–Crippen LogP) is 3.49. The second kappa shape index (κ2) is 7.84. The first-order valence-electron chi connectivity index (χ1n) is 9.28. The normalized spacial score (nSPS) is 14.6. The summed E-state index contributed by atoms with van der Waals surface area (Å²) in [5.41, 5.74) is 2.08. The van der Waals surface area contributed by atoms with Crippen molar-refractivity contribution in [3.63, 3.8) is 0 Å². The highest BCUT2D eigenvalue weighted by atomic mass is 16.5. The zero-order valence-electron chi connectivity index (χ0n) is 15.0. The summed E-state index contributed by atoms with van der Waals surface area (Å²) >= 11 is 0. The van der Waals surface area contributed by atoms with Gasteiger partial charge in [-0.05, 0) is 55.5 Å². The van der Waals surface area contributed by atoms with Crippen LogP contribution in [0.2, 0.25) is 0 Å². The molecule has 1 atom stereocenters. The third-order valence-electron chi connectivity index (χ3n) is 4.82. The topological polar surface area (TPSA) is 68.9 Å². The molecule has 140 valence electrons. The minimum Gasteiger partial charge on any atom is -0.491 e. The van der Waals surface area contributed by atoms with Gasteiger partial charge in [-0.15, -0.1) is 0 Å². The van der Waals surface area contributed by atoms with Gasteiger partial charge in [0.25, 0.3) is 0 Å². The molecule has 2 aromatic carbocycles. The maximum absolute atomic E-state index is 12.2. The molecular formula is C22H22O5. The maximum Gasteiger partial charge on any atom is 0.339 e. The average molecular weight is 366 g/mol. The van der Waals surface area contributed by atoms with Gasteiger partial charge in [-0.1, -0.05) is 24.3 Å². The van der Waals surface area contributed by atoms with E-state index in [-0.39, 0.29) is 18.8 Å². The third-order valence-corrected chi connectivity index (χ3v) is 4.82. The van der Waals surface area contributed by atoms with E-state index < -0.39 is 6.10 Å². The lowest BCUT2D eigenvalue weighted by molar-refractivity contribution is 0.0631. The molecule has 0 aliphatic heterocycles. The molecular weight excluding hydrogens is 344 g/mol. The van der Waals surface area contributed by atoms with Crippen LogP contribution in [0.15, 0.2) is 57.7 Å². The zero-order valence-corrected chi connectivity index (χ0v) is 15.0. The van der Waals surface area contributed by atoms with Crippen LogP contribution in [0.1, 0.15) is 24.0 Å². The second-order valence-corrected chi connectivity index (χ2v) is 6.77. The van der Waals surface area contributed by atoms with Gasteiger partial charge < -0.3 is 19.0 Å². The van der Waals surface area contributed by atoms with Crippen molar-refractivity contribution in [2.45, 2.75) is 31.8 Å². The standard InChI is InChI=1S/C22H22O5/c23-15(13-25-16-7-2-1-3-8-16)14-26-19-11-6-12-20-21(19)17-9-4-5-10-18(17)22(24)27-20/h1-3,6-8,11-12,15,23H,4-5,9-10,13-14H2. The van der Waals surface area contributed by atoms with Gasteiger partial charge in [-0.3, -0.25) is 0 Å². The molecule has 0 saturated carbocycles. The van der Waals surface area contributed by atoms with Gasteiger partial charge >= 0.3 is 5.63 Å². The summed E-state index contributed by atoms with van der Waals surface area (Å²) in [6.07, 6.45) is 2.87. The van der Waals surface area contributed by atoms with Crippen LogP contribution in [0.3, 0.4) is 0 Å². The number of fused-ring (bicyclic) bond motifs is 3. The van der Waals surface area contributed by atoms with Crippen molar-refractivity contribution >= 4 is 11.0 Å². The first-order valence-corrected chi connectivity index (χ1v) is 9.28. The molecule has 0 amide bonds. The van der Waals surface area contributed by atoms with E-state index in [9.17, 15) is 9.90 Å². The average Bonchev–Trinajstić information content (AvgIpc) is 2.71. The lowest BCUT2D eigenvalue weighted by Crippen LogP contribution is -2.25. The second-order valence-electron chi connectivity index (χ2n) is 6.77. The first-order chi connectivity index (χ1) is 13.2. The number of rotatable bonds is 6. The number of para-hydroxylation sites is 1. The minimum absolute atomic E-state index is 0.0971. The van der Waals surface area contributed by atoms with Crippen molar-refractivity contribution in [3.8, 4) is 11.5 Å². The molecule has 1 aliphatic carbocycles. The van der Waals surface area contributed by atoms with E-state index in [0.29, 0.717) is 17.1 Å². The zero-order chi connectivity index (χ0) is 18.6. The summed E-state index contributed by atoms with van der Waals surface area (Å²) in [5.74, 6) is 1.34. The summed E-state index contributed by atoms with van der Waals surface area (Å²) < 4.78 is 16.9. The van der Waals surface area contributed by atoms with Crippen LogP contribution in [0, 0.1) is 0 Å². The van der Waals surface area contributed by atoms with E-state index in [1.54, 1.807) is 12.1 Å². The Labute approximate surface area is 157 Å². The highest BCUT2D eigenvalue weighted by molar-refractivity contribution is 5.87. The third kappa shape index (κ3) is 3.83. The lowest BCUT2D eigenvalue weighted by atomic mass is 9.90. The van der Waals surface area contributed by atoms with Crippen molar-refractivity contribution < 1.29 is 19.0 Å². The highest BCUT2D eigenvalue weighted by Gasteiger charge is 2.21. The van der Waals surface area contributed by atoms with Crippen LogP contribution in [0.4, 0.5) is 0 Å². The van der Waals surface area contributed by atoms with Crippen LogP contribution < -0.4 is 15.1 Å². The molecule has 0 bridgehead atoms. The summed E-state index contributed by atoms with van der Waals surface area (Å²) in [7, 11) is 0. The highest BCUT2D eigenvalue weighted by Crippen LogP contribution is 2.33. The van der Waals surface area contributed by atoms with Crippen molar-refractivity contribution in [1.29, 1.82) is 0 Å². The molecule has 0 spiro atoms. The van der Waals surface area contributed by atoms with Crippen molar-refractivity contribution in [3.05, 3.63) is 70.1 Å². The quantitative estimate of drug-likeness (QED) is 0.677. The fraction of sp³-hybridized carbons (Fsp3) is 0.318. The number of hydrogen-bond donors (Lipinski definition) is 1. The van der Waals surface area contributed by atoms with Crippen LogP contribution >= 0.6 is 0 Å². The summed E-state index contributed by atoms with van der Waals surface area (Å²) in [6, 6.07) is 14.8. The van der Waals surface area contributed by atoms with Gasteiger partial charge in [0.2, 0.25) is 0 Å². The van der Waals surface area contributed by atoms with Gasteiger partial charge in [0.05, 0.1) is 5.39 Å². The van der Waals surface area contributed by atoms with Gasteiger partial charge in [-0.2, -0.15) is 0 Å². The fourth-order valence-electron chi connectivity index (χ4n) is 3.52. The van der Waals surface area contributed by atoms with E-state index in [1.807, 2.05) is 36.4 Å². The maximum atomic E-state index is 12.2. The molecule has 0 fully saturated rings. The molecule has 1 aromatic heterocycles. The number of aliphatic hydroxyl groups is 1. The smallest absolute Gasteiger partial charge is 0.339 e. The Balaban J connectivity index is 1.51. The Hall–Kier alpha value is -2.79. The van der Waals surface area contributed by atoms with E-state index in [4.69, 9.17) is 13.9 Å². The summed E-state index contributed by atoms with van der Waals surface area (Å²) in [4.78, 5) is 12.2. The Morgan fingerprint density at radius 3 is 2.48 bits per heavy atom. The summed E-state index contributed by atoms with van der Waals surface area (Å²) in [5, 5.41) is 11.1. The Kier molecular flexibility index (Phi) is 5.12. The van der Waals surface area contributed by atoms with Crippen LogP contribution in [-0.4, -0.2) is 24.4 Å². The molecule has 1 N–H and O–H groups in total. The predicted molar refractivity (Wildman–Crippen MR) is 103 cm³/mol. The van der Waals surface area contributed by atoms with Crippen molar-refractivity contribution in [2.75, 3.05) is 13.2 Å². The van der Waals surface area contributed by atoms with Crippen molar-refractivity contribution in [2.24, 2.45) is 0 Å². The van der Waals surface area contributed by atoms with E-state index in [1.165, 1.54) is 0 Å². The van der Waals surface area contributed by atoms with Crippen LogP contribution in [0.25, 0.3) is 11.0 Å². The number of benzene rings is 2. The van der Waals surface area contributed by atoms with E-state index in [2.05, 4.69) is 0 Å². The lowest BCUT2D eigenvalue weighted by Gasteiger charge is -2.19. The van der Waals surface area contributed by atoms with Gasteiger partial charge in [-0.25, -0.2) is 4.79 Å². The fourth-order valence-corrected chi connectivity index (χ4v) is 3.52. The minimum atomic E-state index is -0.771. The van der Waals surface area contributed by atoms with E-state index in [0.717, 1.165) is 42.2 Å². The summed E-state index contributed by atoms with van der Waals surface area (Å²) in [6.45, 7) is 0.238. The molecule has 0 radical (unpaired) electrons. The van der Waals surface area contributed by atoms with Gasteiger partial charge in [0.15, 0.2) is 0 Å². The van der Waals surface area contributed by atoms with Gasteiger partial charge in [0, 0.05) is 5.56 Å². The number of aliphatic hydroxyl groups excluding tert-OH is 1. The number of hydrogen-bond acceptors (Lipinski definition) is 5. The SMILES string of the molecule is O=c1oc2cccc(OCC(O)COc3ccccc3)c2c2c1CCCC2. The molecule has 5 heteroatoms. The van der Waals surface area contributed by atoms with Crippen LogP contribution in [-0.2, 0) is 12.8 Å². The molecule has 1 unspecified atom stereocenters. The molecule has 1 heterocycles. The van der Waals surface area contributed by atoms with Crippen LogP contribution in [0.5, 0.6) is 11.5 Å². The number of ether oxygens (including phenoxy) is 2. The first kappa shape index (κ1) is 17.6. The molecule has 4 rings (SSSR count). The number of aryl methyl sites for hydroxylation is 1. The largest absolute Gasteiger partial charge is 0.491 e. The monoisotopic (exact) mass is 366 g/mol. The molecule has 1 aliphatic rings. The molecule has 5 nitrogen and oxygen atoms in total. The van der Waals surface area contributed by atoms with E-state index >= 15 is 0 Å². The Morgan fingerprint density at radius 1 is 0.926 bits per heavy atom. The van der Waals surface area contributed by atoms with Gasteiger partial charge in [0.1, 0.15) is 36.4 Å². The molecule has 27 heavy (non-hydrogen) atoms. The Morgan fingerprint density at radius 2 is 1.67 bits per heavy atom.